The van der Waals surface area contributed by atoms with Crippen molar-refractivity contribution in [3.8, 4) is 0 Å². The Labute approximate surface area is 83.8 Å². The third kappa shape index (κ3) is 1.43. The number of aromatic nitrogens is 1. The predicted molar refractivity (Wildman–Crippen MR) is 60.2 cm³/mol. The first-order valence-corrected chi connectivity index (χ1v) is 4.95. The van der Waals surface area contributed by atoms with Crippen LogP contribution in [0.25, 0.3) is 10.9 Å². The molecule has 1 heterocycles. The lowest BCUT2D eigenvalue weighted by atomic mass is 10.0. The van der Waals surface area contributed by atoms with Crippen LogP contribution >= 0.6 is 0 Å². The third-order valence-corrected chi connectivity index (χ3v) is 2.42. The van der Waals surface area contributed by atoms with E-state index in [1.807, 2.05) is 12.1 Å². The average Bonchev–Trinajstić information content (AvgIpc) is 2.23. The van der Waals surface area contributed by atoms with Gasteiger partial charge in [0.05, 0.1) is 11.2 Å². The van der Waals surface area contributed by atoms with E-state index in [-0.39, 0.29) is 0 Å². The number of aryl methyl sites for hydroxylation is 1. The number of nitrogens with zero attached hydrogens (tertiary/aromatic N) is 1. The fraction of sp³-hybridized carbons (Fsp3) is 0.250. The third-order valence-electron chi connectivity index (χ3n) is 2.42. The summed E-state index contributed by atoms with van der Waals surface area (Å²) >= 11 is 0. The number of hydrogen-bond donors (Lipinski definition) is 1. The van der Waals surface area contributed by atoms with Crippen LogP contribution in [-0.4, -0.2) is 4.98 Å². The first kappa shape index (κ1) is 9.00. The number of hydrogen-bond acceptors (Lipinski definition) is 2. The van der Waals surface area contributed by atoms with Gasteiger partial charge in [-0.25, -0.2) is 0 Å². The summed E-state index contributed by atoms with van der Waals surface area (Å²) in [6.07, 6.45) is 3.93. The summed E-state index contributed by atoms with van der Waals surface area (Å²) in [5.41, 5.74) is 9.02. The number of nitrogens with two attached hydrogens (primary N) is 1. The second kappa shape index (κ2) is 3.66. The van der Waals surface area contributed by atoms with E-state index in [2.05, 4.69) is 24.0 Å². The Hall–Kier alpha value is -1.57. The Balaban J connectivity index is 2.63. The maximum Gasteiger partial charge on any atom is 0.0933 e. The van der Waals surface area contributed by atoms with Crippen molar-refractivity contribution >= 4 is 16.6 Å². The quantitative estimate of drug-likeness (QED) is 0.732. The Bertz CT molecular complexity index is 449. The smallest absolute Gasteiger partial charge is 0.0933 e. The summed E-state index contributed by atoms with van der Waals surface area (Å²) in [5.74, 6) is 0. The maximum atomic E-state index is 6.04. The van der Waals surface area contributed by atoms with Gasteiger partial charge in [0.2, 0.25) is 0 Å². The van der Waals surface area contributed by atoms with Crippen LogP contribution in [0.4, 0.5) is 5.69 Å². The summed E-state index contributed by atoms with van der Waals surface area (Å²) in [6.45, 7) is 2.15. The van der Waals surface area contributed by atoms with E-state index < -0.39 is 0 Å². The van der Waals surface area contributed by atoms with Crippen LogP contribution in [0, 0.1) is 0 Å². The summed E-state index contributed by atoms with van der Waals surface area (Å²) in [5, 5.41) is 1.12. The number of rotatable bonds is 2. The molecular formula is C12H14N2. The molecule has 2 nitrogen and oxygen atoms in total. The SMILES string of the molecule is CCCc1ccc2cccnc2c1N. The fourth-order valence-corrected chi connectivity index (χ4v) is 1.70. The van der Waals surface area contributed by atoms with Gasteiger partial charge in [0, 0.05) is 11.6 Å². The van der Waals surface area contributed by atoms with Crippen molar-refractivity contribution in [3.05, 3.63) is 36.0 Å². The van der Waals surface area contributed by atoms with E-state index >= 15 is 0 Å². The summed E-state index contributed by atoms with van der Waals surface area (Å²) in [4.78, 5) is 4.30. The lowest BCUT2D eigenvalue weighted by Gasteiger charge is -2.06. The molecule has 0 amide bonds. The van der Waals surface area contributed by atoms with Gasteiger partial charge in [-0.15, -0.1) is 0 Å². The second-order valence-corrected chi connectivity index (χ2v) is 3.46. The molecule has 2 rings (SSSR count). The van der Waals surface area contributed by atoms with Gasteiger partial charge in [-0.05, 0) is 18.1 Å². The molecular weight excluding hydrogens is 172 g/mol. The van der Waals surface area contributed by atoms with Crippen molar-refractivity contribution in [1.29, 1.82) is 0 Å². The molecule has 1 aromatic carbocycles. The molecule has 0 unspecified atom stereocenters. The van der Waals surface area contributed by atoms with Crippen molar-refractivity contribution in [2.45, 2.75) is 19.8 Å². The van der Waals surface area contributed by atoms with Crippen molar-refractivity contribution in [1.82, 2.24) is 4.98 Å². The molecule has 2 heteroatoms. The van der Waals surface area contributed by atoms with Crippen molar-refractivity contribution in [2.24, 2.45) is 0 Å². The highest BCUT2D eigenvalue weighted by molar-refractivity contribution is 5.90. The molecule has 0 radical (unpaired) electrons. The molecule has 0 aliphatic heterocycles. The van der Waals surface area contributed by atoms with Gasteiger partial charge in [-0.3, -0.25) is 4.98 Å². The number of nitrogen functional groups attached to an aromatic ring is 1. The molecule has 0 saturated carbocycles. The predicted octanol–water partition coefficient (Wildman–Crippen LogP) is 2.77. The number of fused-ring (bicyclic) bond motifs is 1. The molecule has 0 spiro atoms. The van der Waals surface area contributed by atoms with E-state index in [0.29, 0.717) is 0 Å². The van der Waals surface area contributed by atoms with Crippen LogP contribution in [0.15, 0.2) is 30.5 Å². The van der Waals surface area contributed by atoms with Crippen LogP contribution in [-0.2, 0) is 6.42 Å². The molecule has 1 aromatic heterocycles. The number of benzene rings is 1. The van der Waals surface area contributed by atoms with Crippen LogP contribution in [0.1, 0.15) is 18.9 Å². The molecule has 0 aliphatic carbocycles. The molecule has 0 bridgehead atoms. The van der Waals surface area contributed by atoms with Gasteiger partial charge in [0.25, 0.3) is 0 Å². The van der Waals surface area contributed by atoms with E-state index in [0.717, 1.165) is 29.4 Å². The zero-order valence-electron chi connectivity index (χ0n) is 8.33. The van der Waals surface area contributed by atoms with Crippen LogP contribution in [0.5, 0.6) is 0 Å². The zero-order chi connectivity index (χ0) is 9.97. The molecule has 0 fully saturated rings. The molecule has 0 saturated heterocycles. The summed E-state index contributed by atoms with van der Waals surface area (Å²) in [7, 11) is 0. The molecule has 72 valence electrons. The van der Waals surface area contributed by atoms with Gasteiger partial charge in [-0.2, -0.15) is 0 Å². The first-order chi connectivity index (χ1) is 6.83. The summed E-state index contributed by atoms with van der Waals surface area (Å²) in [6, 6.07) is 8.15. The van der Waals surface area contributed by atoms with E-state index in [4.69, 9.17) is 5.73 Å². The highest BCUT2D eigenvalue weighted by Gasteiger charge is 2.03. The van der Waals surface area contributed by atoms with E-state index in [1.165, 1.54) is 5.56 Å². The van der Waals surface area contributed by atoms with E-state index in [1.54, 1.807) is 6.20 Å². The first-order valence-electron chi connectivity index (χ1n) is 4.95. The highest BCUT2D eigenvalue weighted by atomic mass is 14.7. The topological polar surface area (TPSA) is 38.9 Å². The Morgan fingerprint density at radius 2 is 2.14 bits per heavy atom. The van der Waals surface area contributed by atoms with Gasteiger partial charge < -0.3 is 5.73 Å². The molecule has 0 aliphatic rings. The molecule has 0 atom stereocenters. The van der Waals surface area contributed by atoms with Crippen LogP contribution in [0.2, 0.25) is 0 Å². The molecule has 2 N–H and O–H groups in total. The van der Waals surface area contributed by atoms with Crippen molar-refractivity contribution in [3.63, 3.8) is 0 Å². The fourth-order valence-electron chi connectivity index (χ4n) is 1.70. The van der Waals surface area contributed by atoms with E-state index in [9.17, 15) is 0 Å². The Kier molecular flexibility index (Phi) is 2.35. The standard InChI is InChI=1S/C12H14N2/c1-2-4-9-6-7-10-5-3-8-14-12(10)11(9)13/h3,5-8H,2,4,13H2,1H3. The Morgan fingerprint density at radius 3 is 2.93 bits per heavy atom. The van der Waals surface area contributed by atoms with Gasteiger partial charge >= 0.3 is 0 Å². The number of anilines is 1. The van der Waals surface area contributed by atoms with Crippen LogP contribution in [0.3, 0.4) is 0 Å². The van der Waals surface area contributed by atoms with Gasteiger partial charge in [-0.1, -0.05) is 31.5 Å². The Morgan fingerprint density at radius 1 is 1.29 bits per heavy atom. The van der Waals surface area contributed by atoms with Crippen molar-refractivity contribution < 1.29 is 0 Å². The number of pyridine rings is 1. The van der Waals surface area contributed by atoms with Gasteiger partial charge in [0.1, 0.15) is 0 Å². The monoisotopic (exact) mass is 186 g/mol. The normalized spacial score (nSPS) is 10.6. The molecule has 14 heavy (non-hydrogen) atoms. The second-order valence-electron chi connectivity index (χ2n) is 3.46. The highest BCUT2D eigenvalue weighted by Crippen LogP contribution is 2.23. The van der Waals surface area contributed by atoms with Crippen LogP contribution < -0.4 is 5.73 Å². The van der Waals surface area contributed by atoms with Crippen molar-refractivity contribution in [2.75, 3.05) is 5.73 Å². The minimum atomic E-state index is 0.838. The largest absolute Gasteiger partial charge is 0.397 e. The average molecular weight is 186 g/mol. The lowest BCUT2D eigenvalue weighted by Crippen LogP contribution is -1.96. The zero-order valence-corrected chi connectivity index (χ0v) is 8.33. The summed E-state index contributed by atoms with van der Waals surface area (Å²) < 4.78 is 0. The minimum Gasteiger partial charge on any atom is -0.397 e. The maximum absolute atomic E-state index is 6.04. The molecule has 2 aromatic rings. The van der Waals surface area contributed by atoms with Gasteiger partial charge in [0.15, 0.2) is 0 Å². The lowest BCUT2D eigenvalue weighted by molar-refractivity contribution is 0.925. The minimum absolute atomic E-state index is 0.838.